The number of nitrogens with zero attached hydrogens (tertiary/aromatic N) is 1. The molecule has 1 amide bonds. The van der Waals surface area contributed by atoms with Gasteiger partial charge >= 0.3 is 0 Å². The van der Waals surface area contributed by atoms with Gasteiger partial charge in [0.15, 0.2) is 0 Å². The first-order valence-corrected chi connectivity index (χ1v) is 5.30. The van der Waals surface area contributed by atoms with Gasteiger partial charge in [-0.25, -0.2) is 0 Å². The van der Waals surface area contributed by atoms with Crippen LogP contribution in [0.3, 0.4) is 0 Å². The highest BCUT2D eigenvalue weighted by Gasteiger charge is 2.29. The molecule has 0 radical (unpaired) electrons. The summed E-state index contributed by atoms with van der Waals surface area (Å²) in [5, 5.41) is 0. The van der Waals surface area contributed by atoms with Crippen LogP contribution in [0.4, 0.5) is 0 Å². The average Bonchev–Trinajstić information content (AvgIpc) is 2.61. The molecule has 2 N–H and O–H groups in total. The molecule has 1 aliphatic rings. The van der Waals surface area contributed by atoms with Crippen molar-refractivity contribution in [1.29, 1.82) is 0 Å². The van der Waals surface area contributed by atoms with E-state index in [4.69, 9.17) is 10.5 Å². The van der Waals surface area contributed by atoms with Crippen LogP contribution >= 0.6 is 0 Å². The molecule has 1 fully saturated rings. The molecule has 1 saturated heterocycles. The van der Waals surface area contributed by atoms with Gasteiger partial charge in [0.25, 0.3) is 0 Å². The van der Waals surface area contributed by atoms with Gasteiger partial charge in [-0.1, -0.05) is 0 Å². The number of amides is 1. The van der Waals surface area contributed by atoms with E-state index >= 15 is 0 Å². The van der Waals surface area contributed by atoms with Gasteiger partial charge in [-0.3, -0.25) is 4.79 Å². The lowest BCUT2D eigenvalue weighted by atomic mass is 10.2. The lowest BCUT2D eigenvalue weighted by Crippen LogP contribution is -2.46. The minimum Gasteiger partial charge on any atom is -0.380 e. The highest BCUT2D eigenvalue weighted by atomic mass is 16.5. The molecule has 2 atom stereocenters. The zero-order valence-corrected chi connectivity index (χ0v) is 9.03. The SMILES string of the molecule is CCOC[C@@H]1CCCN1C(=O)[C@H](C)N. The summed E-state index contributed by atoms with van der Waals surface area (Å²) in [7, 11) is 0. The van der Waals surface area contributed by atoms with Gasteiger partial charge in [0.05, 0.1) is 18.7 Å². The lowest BCUT2D eigenvalue weighted by Gasteiger charge is -2.25. The zero-order valence-electron chi connectivity index (χ0n) is 9.03. The molecule has 82 valence electrons. The molecule has 4 nitrogen and oxygen atoms in total. The van der Waals surface area contributed by atoms with Crippen molar-refractivity contribution in [2.45, 2.75) is 38.8 Å². The topological polar surface area (TPSA) is 55.6 Å². The summed E-state index contributed by atoms with van der Waals surface area (Å²) < 4.78 is 5.34. The second kappa shape index (κ2) is 5.32. The Labute approximate surface area is 85.4 Å². The monoisotopic (exact) mass is 200 g/mol. The van der Waals surface area contributed by atoms with E-state index in [9.17, 15) is 4.79 Å². The van der Waals surface area contributed by atoms with E-state index in [1.165, 1.54) is 0 Å². The smallest absolute Gasteiger partial charge is 0.239 e. The van der Waals surface area contributed by atoms with Crippen molar-refractivity contribution in [3.05, 3.63) is 0 Å². The van der Waals surface area contributed by atoms with Crippen LogP contribution in [0.5, 0.6) is 0 Å². The summed E-state index contributed by atoms with van der Waals surface area (Å²) in [4.78, 5) is 13.5. The van der Waals surface area contributed by atoms with Crippen LogP contribution in [0.1, 0.15) is 26.7 Å². The number of carbonyl (C=O) groups is 1. The first-order valence-electron chi connectivity index (χ1n) is 5.30. The summed E-state index contributed by atoms with van der Waals surface area (Å²) >= 11 is 0. The normalized spacial score (nSPS) is 23.9. The van der Waals surface area contributed by atoms with Gasteiger partial charge in [-0.2, -0.15) is 0 Å². The Morgan fingerprint density at radius 2 is 2.43 bits per heavy atom. The quantitative estimate of drug-likeness (QED) is 0.713. The number of hydrogen-bond acceptors (Lipinski definition) is 3. The second-order valence-electron chi connectivity index (χ2n) is 3.78. The van der Waals surface area contributed by atoms with Crippen molar-refractivity contribution in [3.8, 4) is 0 Å². The van der Waals surface area contributed by atoms with Gasteiger partial charge in [0.1, 0.15) is 0 Å². The van der Waals surface area contributed by atoms with Gasteiger partial charge < -0.3 is 15.4 Å². The molecule has 1 heterocycles. The van der Waals surface area contributed by atoms with E-state index in [1.54, 1.807) is 6.92 Å². The van der Waals surface area contributed by atoms with Gasteiger partial charge in [-0.15, -0.1) is 0 Å². The Kier molecular flexibility index (Phi) is 4.35. The largest absolute Gasteiger partial charge is 0.380 e. The van der Waals surface area contributed by atoms with E-state index in [2.05, 4.69) is 0 Å². The van der Waals surface area contributed by atoms with Crippen LogP contribution in [0, 0.1) is 0 Å². The van der Waals surface area contributed by atoms with Gasteiger partial charge in [0.2, 0.25) is 5.91 Å². The number of rotatable bonds is 4. The van der Waals surface area contributed by atoms with Crippen molar-refractivity contribution in [1.82, 2.24) is 4.90 Å². The molecular formula is C10H20N2O2. The molecule has 14 heavy (non-hydrogen) atoms. The number of carbonyl (C=O) groups excluding carboxylic acids is 1. The summed E-state index contributed by atoms with van der Waals surface area (Å²) in [6.45, 7) is 5.88. The fourth-order valence-corrected chi connectivity index (χ4v) is 1.81. The lowest BCUT2D eigenvalue weighted by molar-refractivity contribution is -0.134. The minimum atomic E-state index is -0.391. The Morgan fingerprint density at radius 3 is 3.00 bits per heavy atom. The third-order valence-electron chi connectivity index (χ3n) is 2.56. The van der Waals surface area contributed by atoms with Crippen LogP contribution in [0.15, 0.2) is 0 Å². The van der Waals surface area contributed by atoms with Crippen molar-refractivity contribution < 1.29 is 9.53 Å². The molecule has 0 aromatic rings. The van der Waals surface area contributed by atoms with E-state index in [-0.39, 0.29) is 11.9 Å². The average molecular weight is 200 g/mol. The van der Waals surface area contributed by atoms with Crippen LogP contribution in [-0.2, 0) is 9.53 Å². The molecule has 0 aromatic carbocycles. The molecule has 4 heteroatoms. The Hall–Kier alpha value is -0.610. The predicted octanol–water partition coefficient (Wildman–Crippen LogP) is 0.361. The van der Waals surface area contributed by atoms with E-state index < -0.39 is 6.04 Å². The molecular weight excluding hydrogens is 180 g/mol. The van der Waals surface area contributed by atoms with Gasteiger partial charge in [0, 0.05) is 13.2 Å². The third kappa shape index (κ3) is 2.69. The summed E-state index contributed by atoms with van der Waals surface area (Å²) in [6, 6.07) is -0.148. The standard InChI is InChI=1S/C10H20N2O2/c1-3-14-7-9-5-4-6-12(9)10(13)8(2)11/h8-9H,3-7,11H2,1-2H3/t8-,9-/m0/s1. The Bertz CT molecular complexity index is 195. The van der Waals surface area contributed by atoms with Crippen molar-refractivity contribution in [2.75, 3.05) is 19.8 Å². The van der Waals surface area contributed by atoms with Crippen LogP contribution in [0.2, 0.25) is 0 Å². The minimum absolute atomic E-state index is 0.0483. The molecule has 0 unspecified atom stereocenters. The maximum atomic E-state index is 11.7. The Morgan fingerprint density at radius 1 is 1.71 bits per heavy atom. The third-order valence-corrected chi connectivity index (χ3v) is 2.56. The van der Waals surface area contributed by atoms with Crippen molar-refractivity contribution >= 4 is 5.91 Å². The number of hydrogen-bond donors (Lipinski definition) is 1. The van der Waals surface area contributed by atoms with Crippen LogP contribution in [0.25, 0.3) is 0 Å². The molecule has 1 rings (SSSR count). The number of ether oxygens (including phenoxy) is 1. The van der Waals surface area contributed by atoms with Crippen LogP contribution < -0.4 is 5.73 Å². The highest BCUT2D eigenvalue weighted by molar-refractivity contribution is 5.81. The maximum Gasteiger partial charge on any atom is 0.239 e. The first-order chi connectivity index (χ1) is 6.66. The summed E-state index contributed by atoms with van der Waals surface area (Å²) in [5.41, 5.74) is 5.57. The first kappa shape index (κ1) is 11.5. The fourth-order valence-electron chi connectivity index (χ4n) is 1.81. The highest BCUT2D eigenvalue weighted by Crippen LogP contribution is 2.18. The zero-order chi connectivity index (χ0) is 10.6. The Balaban J connectivity index is 2.46. The molecule has 0 spiro atoms. The van der Waals surface area contributed by atoms with Crippen molar-refractivity contribution in [3.63, 3.8) is 0 Å². The fraction of sp³-hybridized carbons (Fsp3) is 0.900. The number of likely N-dealkylation sites (tertiary alicyclic amines) is 1. The predicted molar refractivity (Wildman–Crippen MR) is 54.9 cm³/mol. The summed E-state index contributed by atoms with van der Waals surface area (Å²) in [5.74, 6) is 0.0483. The molecule has 1 aliphatic heterocycles. The second-order valence-corrected chi connectivity index (χ2v) is 3.78. The molecule has 0 aromatic heterocycles. The molecule has 0 bridgehead atoms. The van der Waals surface area contributed by atoms with Crippen LogP contribution in [-0.4, -0.2) is 42.6 Å². The van der Waals surface area contributed by atoms with E-state index in [1.807, 2.05) is 11.8 Å². The molecule has 0 saturated carbocycles. The van der Waals surface area contributed by atoms with E-state index in [0.717, 1.165) is 19.4 Å². The van der Waals surface area contributed by atoms with Gasteiger partial charge in [-0.05, 0) is 26.7 Å². The maximum absolute atomic E-state index is 11.7. The number of nitrogens with two attached hydrogens (primary N) is 1. The van der Waals surface area contributed by atoms with E-state index in [0.29, 0.717) is 13.2 Å². The molecule has 0 aliphatic carbocycles. The van der Waals surface area contributed by atoms with Crippen molar-refractivity contribution in [2.24, 2.45) is 5.73 Å². The summed E-state index contributed by atoms with van der Waals surface area (Å²) in [6.07, 6.45) is 2.11.